The lowest BCUT2D eigenvalue weighted by Crippen LogP contribution is -2.29. The molecule has 1 N–H and O–H groups in total. The van der Waals surface area contributed by atoms with E-state index in [1.807, 2.05) is 30.5 Å². The zero-order valence-electron chi connectivity index (χ0n) is 15.6. The summed E-state index contributed by atoms with van der Waals surface area (Å²) < 4.78 is 8.13. The normalized spacial score (nSPS) is 14.6. The van der Waals surface area contributed by atoms with E-state index in [9.17, 15) is 0 Å². The Hall–Kier alpha value is -2.30. The van der Waals surface area contributed by atoms with Crippen molar-refractivity contribution in [1.82, 2.24) is 15.1 Å². The lowest BCUT2D eigenvalue weighted by atomic mass is 10.0. The van der Waals surface area contributed by atoms with E-state index in [0.29, 0.717) is 12.6 Å². The Bertz CT molecular complexity index is 857. The molecule has 142 valence electrons. The zero-order valence-corrected chi connectivity index (χ0v) is 16.4. The number of rotatable bonds is 5. The molecular weight excluding hydrogens is 358 g/mol. The fourth-order valence-electron chi connectivity index (χ4n) is 3.49. The Balaban J connectivity index is 0.00000210. The summed E-state index contributed by atoms with van der Waals surface area (Å²) >= 11 is 0. The van der Waals surface area contributed by atoms with Crippen LogP contribution in [0.5, 0.6) is 5.75 Å². The Kier molecular flexibility index (Phi) is 6.54. The molecule has 0 spiro atoms. The quantitative estimate of drug-likeness (QED) is 0.688. The standard InChI is InChI=1S/C22H25N3O.ClH/c1-17-7-8-21(26-16-18-5-3-2-4-6-18)13-22(17)19-14-24-25(15-19)20-9-11-23-12-10-20;/h2-8,13-15,20,23H,9-12,16H2,1H3;1H. The fraction of sp³-hybridized carbons (Fsp3) is 0.318. The number of piperidine rings is 1. The van der Waals surface area contributed by atoms with Gasteiger partial charge in [0.15, 0.2) is 0 Å². The van der Waals surface area contributed by atoms with Crippen LogP contribution in [-0.2, 0) is 6.61 Å². The first kappa shape index (κ1) is 19.5. The smallest absolute Gasteiger partial charge is 0.120 e. The number of hydrogen-bond donors (Lipinski definition) is 1. The molecule has 0 amide bonds. The molecule has 3 aromatic rings. The monoisotopic (exact) mass is 383 g/mol. The van der Waals surface area contributed by atoms with Crippen LogP contribution in [0.3, 0.4) is 0 Å². The van der Waals surface area contributed by atoms with Gasteiger partial charge in [-0.1, -0.05) is 36.4 Å². The third-order valence-electron chi connectivity index (χ3n) is 5.05. The van der Waals surface area contributed by atoms with Gasteiger partial charge in [-0.2, -0.15) is 5.10 Å². The average molecular weight is 384 g/mol. The van der Waals surface area contributed by atoms with Gasteiger partial charge in [-0.05, 0) is 61.7 Å². The molecule has 1 aromatic heterocycles. The molecule has 27 heavy (non-hydrogen) atoms. The summed E-state index contributed by atoms with van der Waals surface area (Å²) in [6, 6.07) is 17.0. The molecule has 4 nitrogen and oxygen atoms in total. The first-order valence-corrected chi connectivity index (χ1v) is 9.32. The van der Waals surface area contributed by atoms with Gasteiger partial charge in [-0.15, -0.1) is 12.4 Å². The minimum Gasteiger partial charge on any atom is -0.489 e. The molecule has 5 heteroatoms. The van der Waals surface area contributed by atoms with Crippen LogP contribution in [0, 0.1) is 6.92 Å². The molecule has 1 aliphatic heterocycles. The van der Waals surface area contributed by atoms with Crippen LogP contribution < -0.4 is 10.1 Å². The summed E-state index contributed by atoms with van der Waals surface area (Å²) in [5, 5.41) is 8.04. The van der Waals surface area contributed by atoms with Crippen molar-refractivity contribution in [2.24, 2.45) is 0 Å². The van der Waals surface area contributed by atoms with Crippen LogP contribution in [-0.4, -0.2) is 22.9 Å². The Morgan fingerprint density at radius 3 is 2.67 bits per heavy atom. The number of benzene rings is 2. The largest absolute Gasteiger partial charge is 0.489 e. The molecule has 4 rings (SSSR count). The predicted molar refractivity (Wildman–Crippen MR) is 112 cm³/mol. The second kappa shape index (κ2) is 9.07. The molecule has 2 heterocycles. The molecule has 0 saturated carbocycles. The third-order valence-corrected chi connectivity index (χ3v) is 5.05. The minimum absolute atomic E-state index is 0. The summed E-state index contributed by atoms with van der Waals surface area (Å²) in [5.41, 5.74) is 4.76. The van der Waals surface area contributed by atoms with E-state index in [4.69, 9.17) is 4.74 Å². The number of nitrogens with zero attached hydrogens (tertiary/aromatic N) is 2. The second-order valence-electron chi connectivity index (χ2n) is 6.94. The van der Waals surface area contributed by atoms with Crippen molar-refractivity contribution >= 4 is 12.4 Å². The van der Waals surface area contributed by atoms with Crippen LogP contribution in [0.15, 0.2) is 60.9 Å². The van der Waals surface area contributed by atoms with E-state index in [0.717, 1.165) is 37.2 Å². The predicted octanol–water partition coefficient (Wildman–Crippen LogP) is 4.78. The van der Waals surface area contributed by atoms with Gasteiger partial charge in [-0.3, -0.25) is 4.68 Å². The Labute approximate surface area is 167 Å². The molecule has 0 atom stereocenters. The minimum atomic E-state index is 0. The van der Waals surface area contributed by atoms with Crippen LogP contribution in [0.2, 0.25) is 0 Å². The lowest BCUT2D eigenvalue weighted by Gasteiger charge is -2.22. The summed E-state index contributed by atoms with van der Waals surface area (Å²) in [5.74, 6) is 0.893. The van der Waals surface area contributed by atoms with E-state index in [-0.39, 0.29) is 12.4 Å². The topological polar surface area (TPSA) is 39.1 Å². The summed E-state index contributed by atoms with van der Waals surface area (Å²) in [6.45, 7) is 4.86. The highest BCUT2D eigenvalue weighted by molar-refractivity contribution is 5.85. The van der Waals surface area contributed by atoms with Crippen molar-refractivity contribution in [2.45, 2.75) is 32.4 Å². The summed E-state index contributed by atoms with van der Waals surface area (Å²) in [7, 11) is 0. The van der Waals surface area contributed by atoms with E-state index < -0.39 is 0 Å². The van der Waals surface area contributed by atoms with Gasteiger partial charge in [0.1, 0.15) is 12.4 Å². The highest BCUT2D eigenvalue weighted by Gasteiger charge is 2.16. The maximum atomic E-state index is 6.00. The van der Waals surface area contributed by atoms with E-state index >= 15 is 0 Å². The van der Waals surface area contributed by atoms with Gasteiger partial charge in [0.2, 0.25) is 0 Å². The maximum absolute atomic E-state index is 6.00. The van der Waals surface area contributed by atoms with Crippen molar-refractivity contribution in [3.05, 3.63) is 72.1 Å². The van der Waals surface area contributed by atoms with Crippen molar-refractivity contribution in [2.75, 3.05) is 13.1 Å². The van der Waals surface area contributed by atoms with Crippen molar-refractivity contribution < 1.29 is 4.74 Å². The molecule has 1 aliphatic rings. The molecule has 1 saturated heterocycles. The maximum Gasteiger partial charge on any atom is 0.120 e. The number of aromatic nitrogens is 2. The van der Waals surface area contributed by atoms with Crippen LogP contribution in [0.1, 0.15) is 30.0 Å². The number of hydrogen-bond acceptors (Lipinski definition) is 3. The van der Waals surface area contributed by atoms with Crippen LogP contribution in [0.25, 0.3) is 11.1 Å². The molecular formula is C22H26ClN3O. The number of ether oxygens (including phenoxy) is 1. The summed E-state index contributed by atoms with van der Waals surface area (Å²) in [6.07, 6.45) is 6.44. The van der Waals surface area contributed by atoms with Gasteiger partial charge in [-0.25, -0.2) is 0 Å². The highest BCUT2D eigenvalue weighted by Crippen LogP contribution is 2.29. The van der Waals surface area contributed by atoms with Gasteiger partial charge < -0.3 is 10.1 Å². The van der Waals surface area contributed by atoms with Gasteiger partial charge in [0.05, 0.1) is 12.2 Å². The molecule has 0 unspecified atom stereocenters. The molecule has 2 aromatic carbocycles. The number of aryl methyl sites for hydroxylation is 1. The SMILES string of the molecule is Cc1ccc(OCc2ccccc2)cc1-c1cnn(C2CCNCC2)c1.Cl. The van der Waals surface area contributed by atoms with Crippen LogP contribution in [0.4, 0.5) is 0 Å². The van der Waals surface area contributed by atoms with Crippen molar-refractivity contribution in [3.8, 4) is 16.9 Å². The lowest BCUT2D eigenvalue weighted by molar-refractivity contribution is 0.306. The molecule has 0 aliphatic carbocycles. The van der Waals surface area contributed by atoms with Gasteiger partial charge in [0, 0.05) is 11.8 Å². The zero-order chi connectivity index (χ0) is 17.8. The molecule has 1 fully saturated rings. The average Bonchev–Trinajstić information content (AvgIpc) is 3.19. The summed E-state index contributed by atoms with van der Waals surface area (Å²) in [4.78, 5) is 0. The van der Waals surface area contributed by atoms with E-state index in [1.54, 1.807) is 0 Å². The number of nitrogens with one attached hydrogen (secondary N) is 1. The number of halogens is 1. The third kappa shape index (κ3) is 4.71. The molecule has 0 bridgehead atoms. The van der Waals surface area contributed by atoms with Gasteiger partial charge in [0.25, 0.3) is 0 Å². The van der Waals surface area contributed by atoms with Crippen LogP contribution >= 0.6 is 12.4 Å². The highest BCUT2D eigenvalue weighted by atomic mass is 35.5. The first-order chi connectivity index (χ1) is 12.8. The van der Waals surface area contributed by atoms with Crippen molar-refractivity contribution in [1.29, 1.82) is 0 Å². The Morgan fingerprint density at radius 2 is 1.89 bits per heavy atom. The first-order valence-electron chi connectivity index (χ1n) is 9.32. The van der Waals surface area contributed by atoms with Crippen molar-refractivity contribution in [3.63, 3.8) is 0 Å². The van der Waals surface area contributed by atoms with Gasteiger partial charge >= 0.3 is 0 Å². The van der Waals surface area contributed by atoms with E-state index in [2.05, 4.69) is 52.5 Å². The molecule has 0 radical (unpaired) electrons. The second-order valence-corrected chi connectivity index (χ2v) is 6.94. The Morgan fingerprint density at radius 1 is 1.11 bits per heavy atom. The fourth-order valence-corrected chi connectivity index (χ4v) is 3.49. The van der Waals surface area contributed by atoms with E-state index in [1.165, 1.54) is 16.7 Å².